The molecule has 7 heteroatoms. The summed E-state index contributed by atoms with van der Waals surface area (Å²) in [4.78, 5) is 28.8. The molecule has 1 aromatic heterocycles. The number of likely N-dealkylation sites (tertiary alicyclic amines) is 1. The molecule has 0 aromatic carbocycles. The van der Waals surface area contributed by atoms with Gasteiger partial charge in [-0.05, 0) is 24.8 Å². The molecule has 21 heavy (non-hydrogen) atoms. The lowest BCUT2D eigenvalue weighted by Crippen LogP contribution is -2.41. The number of carbonyl (C=O) groups is 2. The Morgan fingerprint density at radius 2 is 1.90 bits per heavy atom. The topological polar surface area (TPSA) is 92.7 Å². The van der Waals surface area contributed by atoms with Crippen molar-refractivity contribution in [2.75, 3.05) is 31.9 Å². The normalized spacial score (nSPS) is 18.8. The van der Waals surface area contributed by atoms with E-state index in [0.717, 1.165) is 49.3 Å². The van der Waals surface area contributed by atoms with E-state index in [9.17, 15) is 9.59 Å². The molecule has 0 bridgehead atoms. The summed E-state index contributed by atoms with van der Waals surface area (Å²) >= 11 is 1.42. The molecule has 0 aliphatic carbocycles. The van der Waals surface area contributed by atoms with Crippen LogP contribution in [0.25, 0.3) is 0 Å². The molecule has 0 saturated carbocycles. The van der Waals surface area contributed by atoms with Crippen LogP contribution < -0.4 is 11.5 Å². The van der Waals surface area contributed by atoms with Crippen molar-refractivity contribution in [2.45, 2.75) is 25.8 Å². The number of carbonyl (C=O) groups excluding carboxylic acids is 2. The molecule has 2 aliphatic rings. The maximum absolute atomic E-state index is 12.2. The van der Waals surface area contributed by atoms with Gasteiger partial charge >= 0.3 is 0 Å². The van der Waals surface area contributed by atoms with Crippen LogP contribution in [-0.4, -0.2) is 47.8 Å². The Labute approximate surface area is 127 Å². The van der Waals surface area contributed by atoms with E-state index in [1.165, 1.54) is 11.3 Å². The lowest BCUT2D eigenvalue weighted by atomic mass is 10.0. The molecule has 6 nitrogen and oxygen atoms in total. The Hall–Kier alpha value is -1.60. The minimum atomic E-state index is -0.452. The standard InChI is InChI=1S/C14H20N4O2S/c15-13(20)12-9-3-6-17(7-10(9)21-14(12)16)8-11(19)18-4-1-2-5-18/h1-8,16H2,(H2,15,20). The molecule has 1 fully saturated rings. The number of primary amides is 1. The van der Waals surface area contributed by atoms with Crippen molar-refractivity contribution in [3.05, 3.63) is 16.0 Å². The van der Waals surface area contributed by atoms with Crippen LogP contribution in [-0.2, 0) is 17.8 Å². The molecule has 4 N–H and O–H groups in total. The molecule has 0 radical (unpaired) electrons. The van der Waals surface area contributed by atoms with E-state index in [1.54, 1.807) is 0 Å². The molecular formula is C14H20N4O2S. The monoisotopic (exact) mass is 308 g/mol. The van der Waals surface area contributed by atoms with Gasteiger partial charge < -0.3 is 16.4 Å². The second-order valence-corrected chi connectivity index (χ2v) is 6.79. The first-order valence-corrected chi connectivity index (χ1v) is 8.08. The quantitative estimate of drug-likeness (QED) is 0.846. The van der Waals surface area contributed by atoms with Gasteiger partial charge in [0.25, 0.3) is 5.91 Å². The second-order valence-electron chi connectivity index (χ2n) is 5.66. The lowest BCUT2D eigenvalue weighted by molar-refractivity contribution is -0.131. The first-order chi connectivity index (χ1) is 10.1. The van der Waals surface area contributed by atoms with E-state index in [4.69, 9.17) is 11.5 Å². The smallest absolute Gasteiger partial charge is 0.251 e. The van der Waals surface area contributed by atoms with Crippen molar-refractivity contribution in [1.29, 1.82) is 0 Å². The fraction of sp³-hybridized carbons (Fsp3) is 0.571. The van der Waals surface area contributed by atoms with E-state index in [1.807, 2.05) is 4.90 Å². The number of hydrogen-bond acceptors (Lipinski definition) is 5. The summed E-state index contributed by atoms with van der Waals surface area (Å²) in [6.45, 7) is 3.66. The summed E-state index contributed by atoms with van der Waals surface area (Å²) in [6.07, 6.45) is 2.95. The molecule has 3 rings (SSSR count). The fourth-order valence-corrected chi connectivity index (χ4v) is 4.31. The van der Waals surface area contributed by atoms with Crippen LogP contribution in [0.15, 0.2) is 0 Å². The van der Waals surface area contributed by atoms with E-state index < -0.39 is 5.91 Å². The van der Waals surface area contributed by atoms with Crippen molar-refractivity contribution in [1.82, 2.24) is 9.80 Å². The number of nitrogens with two attached hydrogens (primary N) is 2. The summed E-state index contributed by atoms with van der Waals surface area (Å²) in [5, 5.41) is 0.500. The average Bonchev–Trinajstić information content (AvgIpc) is 3.04. The number of anilines is 1. The number of nitrogen functional groups attached to an aromatic ring is 1. The van der Waals surface area contributed by atoms with E-state index in [-0.39, 0.29) is 5.91 Å². The number of thiophene rings is 1. The van der Waals surface area contributed by atoms with Crippen LogP contribution in [0.4, 0.5) is 5.00 Å². The molecule has 0 spiro atoms. The minimum Gasteiger partial charge on any atom is -0.390 e. The van der Waals surface area contributed by atoms with Gasteiger partial charge in [0.05, 0.1) is 17.1 Å². The summed E-state index contributed by atoms with van der Waals surface area (Å²) < 4.78 is 0. The molecule has 0 atom stereocenters. The Bertz CT molecular complexity index is 578. The SMILES string of the molecule is NC(=O)c1c(N)sc2c1CCN(CC(=O)N1CCCC1)C2. The van der Waals surface area contributed by atoms with Crippen LogP contribution in [0, 0.1) is 0 Å². The van der Waals surface area contributed by atoms with Gasteiger partial charge in [0.1, 0.15) is 0 Å². The van der Waals surface area contributed by atoms with Crippen molar-refractivity contribution >= 4 is 28.2 Å². The number of nitrogens with zero attached hydrogens (tertiary/aromatic N) is 2. The van der Waals surface area contributed by atoms with Crippen molar-refractivity contribution in [3.8, 4) is 0 Å². The van der Waals surface area contributed by atoms with Crippen LogP contribution in [0.2, 0.25) is 0 Å². The third-order valence-corrected chi connectivity index (χ3v) is 5.27. The highest BCUT2D eigenvalue weighted by Crippen LogP contribution is 2.34. The predicted molar refractivity (Wildman–Crippen MR) is 82.0 cm³/mol. The predicted octanol–water partition coefficient (Wildman–Crippen LogP) is 0.410. The molecular weight excluding hydrogens is 288 g/mol. The van der Waals surface area contributed by atoms with Gasteiger partial charge in [-0.15, -0.1) is 11.3 Å². The number of amides is 2. The molecule has 1 aromatic rings. The first kappa shape index (κ1) is 14.3. The average molecular weight is 308 g/mol. The molecule has 0 unspecified atom stereocenters. The highest BCUT2D eigenvalue weighted by molar-refractivity contribution is 7.16. The molecule has 2 amide bonds. The van der Waals surface area contributed by atoms with Crippen LogP contribution in [0.1, 0.15) is 33.6 Å². The number of fused-ring (bicyclic) bond motifs is 1. The maximum atomic E-state index is 12.2. The highest BCUT2D eigenvalue weighted by Gasteiger charge is 2.28. The molecule has 1 saturated heterocycles. The lowest BCUT2D eigenvalue weighted by Gasteiger charge is -2.28. The van der Waals surface area contributed by atoms with Gasteiger partial charge in [-0.2, -0.15) is 0 Å². The summed E-state index contributed by atoms with van der Waals surface area (Å²) in [5.41, 5.74) is 12.8. The van der Waals surface area contributed by atoms with Crippen LogP contribution in [0.3, 0.4) is 0 Å². The van der Waals surface area contributed by atoms with E-state index in [0.29, 0.717) is 23.7 Å². The third-order valence-electron chi connectivity index (χ3n) is 4.23. The van der Waals surface area contributed by atoms with Gasteiger partial charge in [0, 0.05) is 31.1 Å². The minimum absolute atomic E-state index is 0.204. The zero-order chi connectivity index (χ0) is 15.0. The Morgan fingerprint density at radius 3 is 2.57 bits per heavy atom. The Kier molecular flexibility index (Phi) is 3.86. The van der Waals surface area contributed by atoms with Gasteiger partial charge in [0.15, 0.2) is 0 Å². The first-order valence-electron chi connectivity index (χ1n) is 7.26. The Morgan fingerprint density at radius 1 is 1.19 bits per heavy atom. The van der Waals surface area contributed by atoms with Crippen molar-refractivity contribution in [3.63, 3.8) is 0 Å². The van der Waals surface area contributed by atoms with Crippen LogP contribution >= 0.6 is 11.3 Å². The number of hydrogen-bond donors (Lipinski definition) is 2. The van der Waals surface area contributed by atoms with Gasteiger partial charge in [0.2, 0.25) is 5.91 Å². The molecule has 114 valence electrons. The van der Waals surface area contributed by atoms with Crippen molar-refractivity contribution < 1.29 is 9.59 Å². The van der Waals surface area contributed by atoms with Crippen molar-refractivity contribution in [2.24, 2.45) is 5.73 Å². The Balaban J connectivity index is 1.69. The summed E-state index contributed by atoms with van der Waals surface area (Å²) in [5.74, 6) is -0.248. The molecule has 2 aliphatic heterocycles. The van der Waals surface area contributed by atoms with Gasteiger partial charge in [-0.3, -0.25) is 14.5 Å². The fourth-order valence-electron chi connectivity index (χ4n) is 3.14. The summed E-state index contributed by atoms with van der Waals surface area (Å²) in [7, 11) is 0. The van der Waals surface area contributed by atoms with Crippen LogP contribution in [0.5, 0.6) is 0 Å². The largest absolute Gasteiger partial charge is 0.390 e. The van der Waals surface area contributed by atoms with Gasteiger partial charge in [-0.25, -0.2) is 0 Å². The van der Waals surface area contributed by atoms with E-state index >= 15 is 0 Å². The maximum Gasteiger partial charge on any atom is 0.251 e. The van der Waals surface area contributed by atoms with E-state index in [2.05, 4.69) is 4.90 Å². The summed E-state index contributed by atoms with van der Waals surface area (Å²) in [6, 6.07) is 0. The zero-order valence-electron chi connectivity index (χ0n) is 11.9. The zero-order valence-corrected chi connectivity index (χ0v) is 12.7. The molecule has 3 heterocycles. The second kappa shape index (κ2) is 5.65. The van der Waals surface area contributed by atoms with Gasteiger partial charge in [-0.1, -0.05) is 0 Å². The third kappa shape index (κ3) is 2.75. The highest BCUT2D eigenvalue weighted by atomic mass is 32.1. The number of rotatable bonds is 3.